The lowest BCUT2D eigenvalue weighted by Gasteiger charge is -2.07. The van der Waals surface area contributed by atoms with Crippen LogP contribution < -0.4 is 19.6 Å². The van der Waals surface area contributed by atoms with Crippen LogP contribution in [-0.4, -0.2) is 27.5 Å². The second-order valence-corrected chi connectivity index (χ2v) is 4.74. The van der Waals surface area contributed by atoms with Crippen molar-refractivity contribution in [1.82, 2.24) is 0 Å². The normalized spacial score (nSPS) is 10.5. The van der Waals surface area contributed by atoms with Crippen molar-refractivity contribution in [2.45, 2.75) is 0 Å². The molecule has 0 spiro atoms. The monoisotopic (exact) mass is 320 g/mol. The number of ether oxygens (including phenoxy) is 3. The Kier molecular flexibility index (Phi) is 5.49. The van der Waals surface area contributed by atoms with Crippen LogP contribution in [0.25, 0.3) is 0 Å². The Bertz CT molecular complexity index is 674. The molecule has 0 amide bonds. The van der Waals surface area contributed by atoms with E-state index in [1.54, 1.807) is 39.7 Å². The summed E-state index contributed by atoms with van der Waals surface area (Å²) < 4.78 is 15.5. The molecule has 0 atom stereocenters. The molecule has 6 heteroatoms. The number of methoxy groups -OCH3 is 3. The number of hydrazone groups is 1. The van der Waals surface area contributed by atoms with Crippen LogP contribution in [0.4, 0.5) is 5.69 Å². The summed E-state index contributed by atoms with van der Waals surface area (Å²) in [7, 11) is 4.76. The summed E-state index contributed by atoms with van der Waals surface area (Å²) >= 11 is 6.05. The van der Waals surface area contributed by atoms with E-state index in [4.69, 9.17) is 25.8 Å². The molecular weight excluding hydrogens is 304 g/mol. The summed E-state index contributed by atoms with van der Waals surface area (Å²) in [5.74, 6) is 1.95. The van der Waals surface area contributed by atoms with Gasteiger partial charge in [-0.15, -0.1) is 0 Å². The second kappa shape index (κ2) is 7.56. The highest BCUT2D eigenvalue weighted by Gasteiger charge is 2.03. The molecule has 0 saturated heterocycles. The summed E-state index contributed by atoms with van der Waals surface area (Å²) in [5, 5.41) is 4.69. The number of nitrogens with zero attached hydrogens (tertiary/aromatic N) is 1. The Labute approximate surface area is 134 Å². The van der Waals surface area contributed by atoms with E-state index in [2.05, 4.69) is 10.5 Å². The van der Waals surface area contributed by atoms with E-state index >= 15 is 0 Å². The van der Waals surface area contributed by atoms with Crippen LogP contribution in [0.3, 0.4) is 0 Å². The molecule has 0 aliphatic rings. The van der Waals surface area contributed by atoms with Crippen LogP contribution in [0.2, 0.25) is 5.02 Å². The fourth-order valence-corrected chi connectivity index (χ4v) is 2.11. The quantitative estimate of drug-likeness (QED) is 0.649. The lowest BCUT2D eigenvalue weighted by atomic mass is 10.2. The zero-order chi connectivity index (χ0) is 15.9. The number of rotatable bonds is 6. The molecule has 0 heterocycles. The highest BCUT2D eigenvalue weighted by atomic mass is 35.5. The van der Waals surface area contributed by atoms with Crippen molar-refractivity contribution >= 4 is 23.5 Å². The molecule has 2 aromatic rings. The Morgan fingerprint density at radius 3 is 2.23 bits per heavy atom. The van der Waals surface area contributed by atoms with E-state index in [0.717, 1.165) is 11.3 Å². The third-order valence-electron chi connectivity index (χ3n) is 2.97. The van der Waals surface area contributed by atoms with Gasteiger partial charge in [-0.3, -0.25) is 5.43 Å². The molecule has 0 saturated carbocycles. The van der Waals surface area contributed by atoms with Crippen LogP contribution in [0.1, 0.15) is 5.56 Å². The zero-order valence-electron chi connectivity index (χ0n) is 12.6. The third kappa shape index (κ3) is 3.83. The largest absolute Gasteiger partial charge is 0.495 e. The fourth-order valence-electron chi connectivity index (χ4n) is 1.85. The molecule has 0 aromatic heterocycles. The SMILES string of the molecule is COc1ccc(N/N=C/c2ccc(OC)c(OC)c2)cc1Cl. The fraction of sp³-hybridized carbons (Fsp3) is 0.188. The van der Waals surface area contributed by atoms with E-state index in [9.17, 15) is 0 Å². The standard InChI is InChI=1S/C16H17ClN2O3/c1-20-14-7-5-12(9-13(14)17)19-18-10-11-4-6-15(21-2)16(8-11)22-3/h4-10,19H,1-3H3/b18-10+. The minimum atomic E-state index is 0.522. The molecule has 0 aliphatic carbocycles. The van der Waals surface area contributed by atoms with Gasteiger partial charge in [0.25, 0.3) is 0 Å². The van der Waals surface area contributed by atoms with Gasteiger partial charge in [0, 0.05) is 0 Å². The van der Waals surface area contributed by atoms with Crippen LogP contribution in [-0.2, 0) is 0 Å². The number of halogens is 1. The summed E-state index contributed by atoms with van der Waals surface area (Å²) in [6.45, 7) is 0. The molecule has 0 aliphatic heterocycles. The molecule has 116 valence electrons. The third-order valence-corrected chi connectivity index (χ3v) is 3.26. The maximum Gasteiger partial charge on any atom is 0.161 e. The first kappa shape index (κ1) is 16.0. The zero-order valence-corrected chi connectivity index (χ0v) is 13.3. The average Bonchev–Trinajstić information content (AvgIpc) is 2.55. The minimum absolute atomic E-state index is 0.522. The number of hydrogen-bond donors (Lipinski definition) is 1. The maximum absolute atomic E-state index is 6.05. The van der Waals surface area contributed by atoms with E-state index in [1.807, 2.05) is 24.3 Å². The van der Waals surface area contributed by atoms with Gasteiger partial charge in [-0.2, -0.15) is 5.10 Å². The van der Waals surface area contributed by atoms with Crippen molar-refractivity contribution in [2.75, 3.05) is 26.8 Å². The molecule has 0 radical (unpaired) electrons. The Morgan fingerprint density at radius 2 is 1.59 bits per heavy atom. The lowest BCUT2D eigenvalue weighted by Crippen LogP contribution is -1.94. The molecule has 2 aromatic carbocycles. The highest BCUT2D eigenvalue weighted by molar-refractivity contribution is 6.32. The van der Waals surface area contributed by atoms with E-state index in [0.29, 0.717) is 22.3 Å². The highest BCUT2D eigenvalue weighted by Crippen LogP contribution is 2.28. The van der Waals surface area contributed by atoms with Crippen molar-refractivity contribution in [3.63, 3.8) is 0 Å². The van der Waals surface area contributed by atoms with Gasteiger partial charge in [0.15, 0.2) is 11.5 Å². The topological polar surface area (TPSA) is 52.1 Å². The van der Waals surface area contributed by atoms with Gasteiger partial charge >= 0.3 is 0 Å². The average molecular weight is 321 g/mol. The lowest BCUT2D eigenvalue weighted by molar-refractivity contribution is 0.355. The summed E-state index contributed by atoms with van der Waals surface area (Å²) in [4.78, 5) is 0. The van der Waals surface area contributed by atoms with Crippen molar-refractivity contribution in [1.29, 1.82) is 0 Å². The van der Waals surface area contributed by atoms with Crippen LogP contribution >= 0.6 is 11.6 Å². The summed E-state index contributed by atoms with van der Waals surface area (Å²) in [5.41, 5.74) is 4.55. The van der Waals surface area contributed by atoms with Gasteiger partial charge in [-0.05, 0) is 42.0 Å². The van der Waals surface area contributed by atoms with Crippen LogP contribution in [0.15, 0.2) is 41.5 Å². The van der Waals surface area contributed by atoms with E-state index < -0.39 is 0 Å². The maximum atomic E-state index is 6.05. The van der Waals surface area contributed by atoms with Crippen LogP contribution in [0.5, 0.6) is 17.2 Å². The van der Waals surface area contributed by atoms with Gasteiger partial charge in [0.1, 0.15) is 5.75 Å². The van der Waals surface area contributed by atoms with Gasteiger partial charge in [0.2, 0.25) is 0 Å². The number of benzene rings is 2. The Hall–Kier alpha value is -2.40. The number of anilines is 1. The van der Waals surface area contributed by atoms with Gasteiger partial charge < -0.3 is 14.2 Å². The van der Waals surface area contributed by atoms with Gasteiger partial charge in [-0.1, -0.05) is 11.6 Å². The van der Waals surface area contributed by atoms with Crippen molar-refractivity contribution in [3.8, 4) is 17.2 Å². The van der Waals surface area contributed by atoms with Gasteiger partial charge in [0.05, 0.1) is 38.3 Å². The number of hydrogen-bond acceptors (Lipinski definition) is 5. The first-order valence-electron chi connectivity index (χ1n) is 6.52. The first-order chi connectivity index (χ1) is 10.7. The molecular formula is C16H17ClN2O3. The smallest absolute Gasteiger partial charge is 0.161 e. The Morgan fingerprint density at radius 1 is 0.909 bits per heavy atom. The first-order valence-corrected chi connectivity index (χ1v) is 6.90. The van der Waals surface area contributed by atoms with Crippen molar-refractivity contribution in [2.24, 2.45) is 5.10 Å². The Balaban J connectivity index is 2.07. The molecule has 0 fully saturated rings. The van der Waals surface area contributed by atoms with Crippen molar-refractivity contribution < 1.29 is 14.2 Å². The second-order valence-electron chi connectivity index (χ2n) is 4.33. The molecule has 1 N–H and O–H groups in total. The molecule has 0 bridgehead atoms. The molecule has 5 nitrogen and oxygen atoms in total. The van der Waals surface area contributed by atoms with Gasteiger partial charge in [-0.25, -0.2) is 0 Å². The minimum Gasteiger partial charge on any atom is -0.495 e. The predicted molar refractivity (Wildman–Crippen MR) is 88.8 cm³/mol. The molecule has 22 heavy (non-hydrogen) atoms. The van der Waals surface area contributed by atoms with Crippen LogP contribution in [0, 0.1) is 0 Å². The summed E-state index contributed by atoms with van der Waals surface area (Å²) in [6, 6.07) is 10.9. The summed E-state index contributed by atoms with van der Waals surface area (Å²) in [6.07, 6.45) is 1.68. The van der Waals surface area contributed by atoms with E-state index in [1.165, 1.54) is 0 Å². The molecule has 2 rings (SSSR count). The van der Waals surface area contributed by atoms with Crippen molar-refractivity contribution in [3.05, 3.63) is 47.0 Å². The molecule has 0 unspecified atom stereocenters. The predicted octanol–water partition coefficient (Wildman–Crippen LogP) is 3.81. The van der Waals surface area contributed by atoms with E-state index in [-0.39, 0.29) is 0 Å². The number of nitrogens with one attached hydrogen (secondary N) is 1.